The van der Waals surface area contributed by atoms with Crippen molar-refractivity contribution in [2.45, 2.75) is 38.3 Å². The highest BCUT2D eigenvalue weighted by Gasteiger charge is 2.28. The van der Waals surface area contributed by atoms with Gasteiger partial charge in [-0.05, 0) is 37.3 Å². The van der Waals surface area contributed by atoms with Crippen molar-refractivity contribution in [2.24, 2.45) is 5.92 Å². The smallest absolute Gasteiger partial charge is 0.252 e. The quantitative estimate of drug-likeness (QED) is 0.909. The van der Waals surface area contributed by atoms with E-state index < -0.39 is 0 Å². The predicted molar refractivity (Wildman–Crippen MR) is 94.2 cm³/mol. The number of carbonyl (C=O) groups excluding carboxylic acids is 1. The lowest BCUT2D eigenvalue weighted by Gasteiger charge is -2.35. The lowest BCUT2D eigenvalue weighted by molar-refractivity contribution is 0.0952. The molecule has 0 spiro atoms. The van der Waals surface area contributed by atoms with E-state index in [2.05, 4.69) is 17.1 Å². The Morgan fingerprint density at radius 1 is 1.29 bits per heavy atom. The molecule has 1 aromatic carbocycles. The van der Waals surface area contributed by atoms with Crippen molar-refractivity contribution in [2.75, 3.05) is 18.0 Å². The molecule has 4 rings (SSSR count). The summed E-state index contributed by atoms with van der Waals surface area (Å²) >= 11 is 0. The molecule has 5 heteroatoms. The summed E-state index contributed by atoms with van der Waals surface area (Å²) in [7, 11) is 0. The maximum atomic E-state index is 12.7. The van der Waals surface area contributed by atoms with Crippen LogP contribution in [0.25, 0.3) is 10.9 Å². The van der Waals surface area contributed by atoms with Gasteiger partial charge in [-0.1, -0.05) is 25.1 Å². The zero-order chi connectivity index (χ0) is 16.7. The second-order valence-corrected chi connectivity index (χ2v) is 7.07. The van der Waals surface area contributed by atoms with Gasteiger partial charge in [0.25, 0.3) is 5.91 Å². The molecule has 126 valence electrons. The van der Waals surface area contributed by atoms with Crippen LogP contribution in [0, 0.1) is 5.92 Å². The van der Waals surface area contributed by atoms with Crippen LogP contribution in [-0.4, -0.2) is 41.2 Å². The van der Waals surface area contributed by atoms with Gasteiger partial charge in [-0.25, -0.2) is 4.98 Å². The largest absolute Gasteiger partial charge is 0.391 e. The second kappa shape index (κ2) is 6.06. The molecule has 2 aromatic rings. The van der Waals surface area contributed by atoms with Crippen LogP contribution in [0.5, 0.6) is 0 Å². The summed E-state index contributed by atoms with van der Waals surface area (Å²) in [6, 6.07) is 9.96. The number of benzene rings is 1. The fourth-order valence-electron chi connectivity index (χ4n) is 3.26. The van der Waals surface area contributed by atoms with Gasteiger partial charge < -0.3 is 15.3 Å². The highest BCUT2D eigenvalue weighted by Crippen LogP contribution is 2.28. The van der Waals surface area contributed by atoms with E-state index >= 15 is 0 Å². The molecule has 0 radical (unpaired) electrons. The molecule has 1 aliphatic carbocycles. The van der Waals surface area contributed by atoms with Crippen molar-refractivity contribution in [3.63, 3.8) is 0 Å². The highest BCUT2D eigenvalue weighted by molar-refractivity contribution is 6.07. The number of hydrogen-bond donors (Lipinski definition) is 2. The lowest BCUT2D eigenvalue weighted by atomic mass is 9.96. The number of aromatic nitrogens is 1. The predicted octanol–water partition coefficient (Wildman–Crippen LogP) is 2.33. The maximum absolute atomic E-state index is 12.7. The average molecular weight is 325 g/mol. The van der Waals surface area contributed by atoms with Gasteiger partial charge in [-0.3, -0.25) is 4.79 Å². The van der Waals surface area contributed by atoms with E-state index in [0.29, 0.717) is 24.1 Å². The minimum absolute atomic E-state index is 0.0247. The van der Waals surface area contributed by atoms with Crippen LogP contribution in [0.2, 0.25) is 0 Å². The van der Waals surface area contributed by atoms with Gasteiger partial charge in [0.05, 0.1) is 17.2 Å². The summed E-state index contributed by atoms with van der Waals surface area (Å²) in [6.45, 7) is 3.49. The number of rotatable bonds is 3. The Balaban J connectivity index is 1.72. The van der Waals surface area contributed by atoms with Crippen LogP contribution in [0.3, 0.4) is 0 Å². The van der Waals surface area contributed by atoms with Crippen LogP contribution < -0.4 is 10.2 Å². The van der Waals surface area contributed by atoms with Gasteiger partial charge in [0.1, 0.15) is 5.82 Å². The minimum atomic E-state index is -0.351. The number of carbonyl (C=O) groups is 1. The molecule has 24 heavy (non-hydrogen) atoms. The molecule has 1 amide bonds. The summed E-state index contributed by atoms with van der Waals surface area (Å²) in [5.74, 6) is 1.06. The van der Waals surface area contributed by atoms with E-state index in [4.69, 9.17) is 4.98 Å². The van der Waals surface area contributed by atoms with E-state index in [1.807, 2.05) is 30.3 Å². The zero-order valence-corrected chi connectivity index (χ0v) is 13.9. The van der Waals surface area contributed by atoms with Crippen molar-refractivity contribution < 1.29 is 9.90 Å². The first-order valence-corrected chi connectivity index (χ1v) is 8.75. The van der Waals surface area contributed by atoms with E-state index in [9.17, 15) is 9.90 Å². The molecule has 2 N–H and O–H groups in total. The minimum Gasteiger partial charge on any atom is -0.391 e. The fraction of sp³-hybridized carbons (Fsp3) is 0.474. The number of para-hydroxylation sites is 1. The van der Waals surface area contributed by atoms with Crippen LogP contribution >= 0.6 is 0 Å². The van der Waals surface area contributed by atoms with E-state index in [-0.39, 0.29) is 12.0 Å². The van der Waals surface area contributed by atoms with Crippen LogP contribution in [-0.2, 0) is 0 Å². The number of anilines is 1. The maximum Gasteiger partial charge on any atom is 0.252 e. The van der Waals surface area contributed by atoms with Crippen molar-refractivity contribution in [1.82, 2.24) is 10.3 Å². The molecule has 0 bridgehead atoms. The van der Waals surface area contributed by atoms with Gasteiger partial charge >= 0.3 is 0 Å². The third-order valence-electron chi connectivity index (χ3n) is 5.10. The number of nitrogens with zero attached hydrogens (tertiary/aromatic N) is 2. The number of fused-ring (bicyclic) bond motifs is 1. The molecule has 2 aliphatic rings. The van der Waals surface area contributed by atoms with Crippen molar-refractivity contribution in [3.8, 4) is 0 Å². The van der Waals surface area contributed by atoms with E-state index in [0.717, 1.165) is 42.5 Å². The summed E-state index contributed by atoms with van der Waals surface area (Å²) in [5.41, 5.74) is 1.50. The van der Waals surface area contributed by atoms with Crippen LogP contribution in [0.4, 0.5) is 5.82 Å². The number of piperidine rings is 1. The molecule has 1 saturated heterocycles. The normalized spacial score (nSPS) is 24.2. The molecule has 5 nitrogen and oxygen atoms in total. The zero-order valence-electron chi connectivity index (χ0n) is 13.9. The van der Waals surface area contributed by atoms with Crippen molar-refractivity contribution >= 4 is 22.6 Å². The molecule has 2 unspecified atom stereocenters. The van der Waals surface area contributed by atoms with Gasteiger partial charge in [0.2, 0.25) is 0 Å². The molecule has 1 aliphatic heterocycles. The summed E-state index contributed by atoms with van der Waals surface area (Å²) in [5, 5.41) is 14.1. The Morgan fingerprint density at radius 2 is 2.08 bits per heavy atom. The molecule has 1 saturated carbocycles. The molecule has 1 aromatic heterocycles. The number of aliphatic hydroxyl groups is 1. The average Bonchev–Trinajstić information content (AvgIpc) is 3.40. The molecule has 2 fully saturated rings. The summed E-state index contributed by atoms with van der Waals surface area (Å²) < 4.78 is 0. The van der Waals surface area contributed by atoms with Crippen molar-refractivity contribution in [1.29, 1.82) is 0 Å². The number of nitrogens with one attached hydrogen (secondary N) is 1. The Morgan fingerprint density at radius 3 is 2.83 bits per heavy atom. The Bertz CT molecular complexity index is 772. The monoisotopic (exact) mass is 325 g/mol. The third kappa shape index (κ3) is 2.96. The Kier molecular flexibility index (Phi) is 3.88. The fourth-order valence-corrected chi connectivity index (χ4v) is 3.26. The Labute approximate surface area is 141 Å². The number of pyridine rings is 1. The van der Waals surface area contributed by atoms with Crippen LogP contribution in [0.15, 0.2) is 30.3 Å². The van der Waals surface area contributed by atoms with E-state index in [1.165, 1.54) is 0 Å². The molecular weight excluding hydrogens is 302 g/mol. The Hall–Kier alpha value is -2.14. The number of aliphatic hydroxyl groups excluding tert-OH is 1. The van der Waals surface area contributed by atoms with Gasteiger partial charge in [-0.2, -0.15) is 0 Å². The van der Waals surface area contributed by atoms with Gasteiger partial charge in [0, 0.05) is 24.5 Å². The molecular formula is C19H23N3O2. The van der Waals surface area contributed by atoms with Gasteiger partial charge in [-0.15, -0.1) is 0 Å². The standard InChI is InChI=1S/C19H23N3O2/c1-12-8-9-22(11-17(12)23)18-10-15(19(24)20-13-6-7-13)14-4-2-3-5-16(14)21-18/h2-5,10,12-13,17,23H,6-9,11H2,1H3,(H,20,24). The SMILES string of the molecule is CC1CCN(c2cc(C(=O)NC3CC3)c3ccccc3n2)CC1O. The summed E-state index contributed by atoms with van der Waals surface area (Å²) in [6.07, 6.45) is 2.71. The molecule has 2 atom stereocenters. The number of amides is 1. The van der Waals surface area contributed by atoms with Crippen LogP contribution in [0.1, 0.15) is 36.5 Å². The first-order valence-electron chi connectivity index (χ1n) is 8.75. The number of hydrogen-bond acceptors (Lipinski definition) is 4. The third-order valence-corrected chi connectivity index (χ3v) is 5.10. The highest BCUT2D eigenvalue weighted by atomic mass is 16.3. The van der Waals surface area contributed by atoms with E-state index in [1.54, 1.807) is 0 Å². The first-order chi connectivity index (χ1) is 11.6. The summed E-state index contributed by atoms with van der Waals surface area (Å²) in [4.78, 5) is 19.5. The second-order valence-electron chi connectivity index (χ2n) is 7.07. The molecule has 2 heterocycles. The first kappa shape index (κ1) is 15.4. The van der Waals surface area contributed by atoms with Gasteiger partial charge in [0.15, 0.2) is 0 Å². The number of β-amino-alcohol motifs (C(OH)–C–C–N with tert-alkyl or cyclic N) is 1. The topological polar surface area (TPSA) is 65.5 Å². The van der Waals surface area contributed by atoms with Crippen molar-refractivity contribution in [3.05, 3.63) is 35.9 Å². The lowest BCUT2D eigenvalue weighted by Crippen LogP contribution is -2.43.